The summed E-state index contributed by atoms with van der Waals surface area (Å²) in [6, 6.07) is 16.7. The van der Waals surface area contributed by atoms with E-state index in [0.717, 1.165) is 16.8 Å². The second-order valence-corrected chi connectivity index (χ2v) is 8.85. The molecule has 1 atom stereocenters. The van der Waals surface area contributed by atoms with Gasteiger partial charge in [0.25, 0.3) is 5.91 Å². The minimum atomic E-state index is -0.277. The summed E-state index contributed by atoms with van der Waals surface area (Å²) in [5.41, 5.74) is 6.13. The minimum absolute atomic E-state index is 0.0509. The summed E-state index contributed by atoms with van der Waals surface area (Å²) >= 11 is 0. The maximum Gasteiger partial charge on any atom is 0.257 e. The average Bonchev–Trinajstić information content (AvgIpc) is 3.06. The van der Waals surface area contributed by atoms with Gasteiger partial charge in [-0.05, 0) is 49.4 Å². The van der Waals surface area contributed by atoms with Crippen molar-refractivity contribution in [1.82, 2.24) is 19.6 Å². The molecule has 0 radical (unpaired) electrons. The van der Waals surface area contributed by atoms with E-state index in [-0.39, 0.29) is 17.7 Å². The van der Waals surface area contributed by atoms with Gasteiger partial charge in [-0.1, -0.05) is 48.5 Å². The first kappa shape index (κ1) is 22.8. The number of benzene rings is 2. The molecule has 1 aromatic heterocycles. The van der Waals surface area contributed by atoms with Gasteiger partial charge in [0.15, 0.2) is 0 Å². The van der Waals surface area contributed by atoms with Crippen LogP contribution in [0.1, 0.15) is 34.1 Å². The van der Waals surface area contributed by atoms with Crippen LogP contribution in [0.3, 0.4) is 0 Å². The molecular weight excluding hydrogens is 412 g/mol. The summed E-state index contributed by atoms with van der Waals surface area (Å²) in [6.07, 6.45) is 2.23. The molecule has 6 nitrogen and oxygen atoms in total. The van der Waals surface area contributed by atoms with E-state index >= 15 is 0 Å². The Labute approximate surface area is 195 Å². The van der Waals surface area contributed by atoms with Gasteiger partial charge >= 0.3 is 0 Å². The van der Waals surface area contributed by atoms with Crippen molar-refractivity contribution in [3.8, 4) is 11.1 Å². The Kier molecular flexibility index (Phi) is 6.63. The Morgan fingerprint density at radius 2 is 1.88 bits per heavy atom. The molecule has 1 aliphatic heterocycles. The molecule has 1 aliphatic rings. The number of hydrogen-bond donors (Lipinski definition) is 0. The maximum absolute atomic E-state index is 13.3. The van der Waals surface area contributed by atoms with Crippen LogP contribution in [-0.4, -0.2) is 57.6 Å². The van der Waals surface area contributed by atoms with Crippen LogP contribution < -0.4 is 0 Å². The quantitative estimate of drug-likeness (QED) is 0.600. The van der Waals surface area contributed by atoms with Gasteiger partial charge in [0.1, 0.15) is 0 Å². The highest BCUT2D eigenvalue weighted by molar-refractivity contribution is 5.95. The summed E-state index contributed by atoms with van der Waals surface area (Å²) in [5, 5.41) is 4.23. The Hall–Kier alpha value is -3.41. The van der Waals surface area contributed by atoms with E-state index in [0.29, 0.717) is 38.2 Å². The molecule has 6 heteroatoms. The number of carbonyl (C=O) groups excluding carboxylic acids is 2. The molecule has 4 rings (SSSR count). The van der Waals surface area contributed by atoms with Crippen molar-refractivity contribution < 1.29 is 9.59 Å². The molecule has 2 amide bonds. The maximum atomic E-state index is 13.3. The first-order valence-electron chi connectivity index (χ1n) is 11.6. The zero-order chi connectivity index (χ0) is 23.5. The van der Waals surface area contributed by atoms with Crippen molar-refractivity contribution >= 4 is 11.8 Å². The van der Waals surface area contributed by atoms with Crippen molar-refractivity contribution in [2.45, 2.75) is 27.2 Å². The Balaban J connectivity index is 1.60. The molecule has 33 heavy (non-hydrogen) atoms. The molecule has 1 saturated heterocycles. The summed E-state index contributed by atoms with van der Waals surface area (Å²) in [4.78, 5) is 30.3. The molecular formula is C27H32N4O2. The van der Waals surface area contributed by atoms with Gasteiger partial charge in [0.2, 0.25) is 5.91 Å². The van der Waals surface area contributed by atoms with Crippen LogP contribution in [0.25, 0.3) is 11.1 Å². The third kappa shape index (κ3) is 4.70. The van der Waals surface area contributed by atoms with Crippen molar-refractivity contribution in [2.24, 2.45) is 13.0 Å². The van der Waals surface area contributed by atoms with Crippen LogP contribution in [0.2, 0.25) is 0 Å². The number of aryl methyl sites for hydroxylation is 2. The SMILES string of the molecule is CCN1CCN(C(=O)c2cnn(C)c2C)CC(Cc2cccc(-c3ccccc3C)c2)C1=O. The van der Waals surface area contributed by atoms with Crippen LogP contribution >= 0.6 is 0 Å². The number of likely N-dealkylation sites (N-methyl/N-ethyl adjacent to an activating group) is 1. The Bertz CT molecular complexity index is 1170. The lowest BCUT2D eigenvalue weighted by atomic mass is 9.93. The second kappa shape index (κ2) is 9.61. The predicted octanol–water partition coefficient (Wildman–Crippen LogP) is 3.87. The topological polar surface area (TPSA) is 58.4 Å². The predicted molar refractivity (Wildman–Crippen MR) is 130 cm³/mol. The number of nitrogens with zero attached hydrogens (tertiary/aromatic N) is 4. The fourth-order valence-corrected chi connectivity index (χ4v) is 4.62. The van der Waals surface area contributed by atoms with E-state index in [1.165, 1.54) is 11.1 Å². The van der Waals surface area contributed by atoms with Crippen LogP contribution in [0.15, 0.2) is 54.7 Å². The largest absolute Gasteiger partial charge is 0.341 e. The third-order valence-electron chi connectivity index (χ3n) is 6.74. The fourth-order valence-electron chi connectivity index (χ4n) is 4.62. The van der Waals surface area contributed by atoms with Gasteiger partial charge in [-0.25, -0.2) is 0 Å². The molecule has 2 aromatic carbocycles. The normalized spacial score (nSPS) is 16.7. The summed E-state index contributed by atoms with van der Waals surface area (Å²) < 4.78 is 1.71. The Morgan fingerprint density at radius 3 is 2.58 bits per heavy atom. The lowest BCUT2D eigenvalue weighted by molar-refractivity contribution is -0.134. The van der Waals surface area contributed by atoms with E-state index in [4.69, 9.17) is 0 Å². The third-order valence-corrected chi connectivity index (χ3v) is 6.74. The summed E-state index contributed by atoms with van der Waals surface area (Å²) in [7, 11) is 1.83. The van der Waals surface area contributed by atoms with Gasteiger partial charge < -0.3 is 9.80 Å². The number of rotatable bonds is 5. The molecule has 1 unspecified atom stereocenters. The lowest BCUT2D eigenvalue weighted by Gasteiger charge is -2.23. The number of aromatic nitrogens is 2. The first-order chi connectivity index (χ1) is 15.9. The zero-order valence-corrected chi connectivity index (χ0v) is 19.9. The second-order valence-electron chi connectivity index (χ2n) is 8.85. The van der Waals surface area contributed by atoms with Gasteiger partial charge in [-0.15, -0.1) is 0 Å². The molecule has 0 aliphatic carbocycles. The fraction of sp³-hybridized carbons (Fsp3) is 0.370. The molecule has 2 heterocycles. The summed E-state index contributed by atoms with van der Waals surface area (Å²) in [6.45, 7) is 8.16. The minimum Gasteiger partial charge on any atom is -0.341 e. The van der Waals surface area contributed by atoms with Crippen molar-refractivity contribution in [2.75, 3.05) is 26.2 Å². The molecule has 0 saturated carbocycles. The van der Waals surface area contributed by atoms with E-state index < -0.39 is 0 Å². The molecule has 1 fully saturated rings. The summed E-state index contributed by atoms with van der Waals surface area (Å²) in [5.74, 6) is -0.206. The van der Waals surface area contributed by atoms with E-state index in [1.807, 2.05) is 42.8 Å². The highest BCUT2D eigenvalue weighted by Gasteiger charge is 2.33. The van der Waals surface area contributed by atoms with Crippen molar-refractivity contribution in [1.29, 1.82) is 0 Å². The number of carbonyl (C=O) groups is 2. The van der Waals surface area contributed by atoms with Gasteiger partial charge in [0.05, 0.1) is 17.7 Å². The molecule has 172 valence electrons. The monoisotopic (exact) mass is 444 g/mol. The molecule has 3 aromatic rings. The highest BCUT2D eigenvalue weighted by Crippen LogP contribution is 2.26. The standard InChI is InChI=1S/C27H32N4O2/c1-5-30-13-14-31(27(33)25-17-28-29(4)20(25)3)18-23(26(30)32)16-21-10-8-11-22(15-21)24-12-7-6-9-19(24)2/h6-12,15,17,23H,5,13-14,16,18H2,1-4H3. The first-order valence-corrected chi connectivity index (χ1v) is 11.6. The highest BCUT2D eigenvalue weighted by atomic mass is 16.2. The van der Waals surface area contributed by atoms with Crippen LogP contribution in [0, 0.1) is 19.8 Å². The number of hydrogen-bond acceptors (Lipinski definition) is 3. The smallest absolute Gasteiger partial charge is 0.257 e. The molecule has 0 spiro atoms. The van der Waals surface area contributed by atoms with E-state index in [2.05, 4.69) is 48.4 Å². The zero-order valence-electron chi connectivity index (χ0n) is 19.9. The van der Waals surface area contributed by atoms with Gasteiger partial charge in [-0.2, -0.15) is 5.10 Å². The van der Waals surface area contributed by atoms with Crippen molar-refractivity contribution in [3.05, 3.63) is 77.1 Å². The van der Waals surface area contributed by atoms with Gasteiger partial charge in [-0.3, -0.25) is 14.3 Å². The Morgan fingerprint density at radius 1 is 1.09 bits per heavy atom. The van der Waals surface area contributed by atoms with E-state index in [1.54, 1.807) is 10.9 Å². The van der Waals surface area contributed by atoms with Crippen molar-refractivity contribution in [3.63, 3.8) is 0 Å². The van der Waals surface area contributed by atoms with Crippen LogP contribution in [0.4, 0.5) is 0 Å². The average molecular weight is 445 g/mol. The lowest BCUT2D eigenvalue weighted by Crippen LogP contribution is -2.38. The molecule has 0 bridgehead atoms. The molecule has 0 N–H and O–H groups in total. The van der Waals surface area contributed by atoms with Gasteiger partial charge in [0, 0.05) is 38.9 Å². The number of amides is 2. The van der Waals surface area contributed by atoms with Crippen LogP contribution in [-0.2, 0) is 18.3 Å². The van der Waals surface area contributed by atoms with E-state index in [9.17, 15) is 9.59 Å². The van der Waals surface area contributed by atoms with Crippen LogP contribution in [0.5, 0.6) is 0 Å².